The third kappa shape index (κ3) is 2.71. The Balaban J connectivity index is 1.72. The van der Waals surface area contributed by atoms with Gasteiger partial charge in [0, 0.05) is 29.4 Å². The van der Waals surface area contributed by atoms with Gasteiger partial charge in [-0.3, -0.25) is 0 Å². The monoisotopic (exact) mass is 254 g/mol. The first kappa shape index (κ1) is 12.1. The number of anilines is 2. The van der Waals surface area contributed by atoms with E-state index in [4.69, 9.17) is 10.5 Å². The van der Waals surface area contributed by atoms with E-state index in [1.807, 2.05) is 24.3 Å². The van der Waals surface area contributed by atoms with E-state index in [1.54, 1.807) is 7.11 Å². The van der Waals surface area contributed by atoms with Gasteiger partial charge in [0.15, 0.2) is 0 Å². The second kappa shape index (κ2) is 4.94. The maximum absolute atomic E-state index is 5.86. The standard InChI is InChI=1S/C16H18N2O/c1-19-14-4-2-3-13(9-14)18-12-7-5-11(6-8-12)15-10-16(15)17/h2-9,15-16,18H,10,17H2,1H3/t15-,16+/m1/s1. The Morgan fingerprint density at radius 2 is 1.84 bits per heavy atom. The van der Waals surface area contributed by atoms with Crippen LogP contribution in [0.5, 0.6) is 5.75 Å². The minimum atomic E-state index is 0.359. The lowest BCUT2D eigenvalue weighted by molar-refractivity contribution is 0.415. The van der Waals surface area contributed by atoms with E-state index in [9.17, 15) is 0 Å². The van der Waals surface area contributed by atoms with E-state index >= 15 is 0 Å². The second-order valence-electron chi connectivity index (χ2n) is 4.99. The van der Waals surface area contributed by atoms with Crippen molar-refractivity contribution < 1.29 is 4.74 Å². The first-order valence-electron chi connectivity index (χ1n) is 6.53. The molecule has 1 aliphatic rings. The van der Waals surface area contributed by atoms with Crippen LogP contribution in [0.3, 0.4) is 0 Å². The van der Waals surface area contributed by atoms with Gasteiger partial charge < -0.3 is 15.8 Å². The normalized spacial score (nSPS) is 20.9. The lowest BCUT2D eigenvalue weighted by Crippen LogP contribution is -2.00. The quantitative estimate of drug-likeness (QED) is 0.880. The molecule has 1 aliphatic carbocycles. The highest BCUT2D eigenvalue weighted by molar-refractivity contribution is 5.61. The van der Waals surface area contributed by atoms with Crippen molar-refractivity contribution in [1.29, 1.82) is 0 Å². The zero-order chi connectivity index (χ0) is 13.2. The predicted octanol–water partition coefficient (Wildman–Crippen LogP) is 3.25. The van der Waals surface area contributed by atoms with Crippen LogP contribution < -0.4 is 15.8 Å². The summed E-state index contributed by atoms with van der Waals surface area (Å²) in [5, 5.41) is 3.37. The molecule has 0 heterocycles. The minimum absolute atomic E-state index is 0.359. The Bertz CT molecular complexity index is 565. The molecule has 2 aromatic rings. The van der Waals surface area contributed by atoms with Crippen molar-refractivity contribution in [2.24, 2.45) is 5.73 Å². The fraction of sp³-hybridized carbons (Fsp3) is 0.250. The van der Waals surface area contributed by atoms with E-state index in [-0.39, 0.29) is 0 Å². The largest absolute Gasteiger partial charge is 0.497 e. The summed E-state index contributed by atoms with van der Waals surface area (Å²) in [5.41, 5.74) is 9.30. The average molecular weight is 254 g/mol. The number of hydrogen-bond donors (Lipinski definition) is 2. The third-order valence-corrected chi connectivity index (χ3v) is 3.54. The molecule has 3 rings (SSSR count). The second-order valence-corrected chi connectivity index (χ2v) is 4.99. The topological polar surface area (TPSA) is 47.3 Å². The summed E-state index contributed by atoms with van der Waals surface area (Å²) < 4.78 is 5.21. The van der Waals surface area contributed by atoms with Gasteiger partial charge in [0.1, 0.15) is 5.75 Å². The molecule has 0 amide bonds. The van der Waals surface area contributed by atoms with Crippen molar-refractivity contribution in [3.8, 4) is 5.75 Å². The van der Waals surface area contributed by atoms with E-state index in [0.717, 1.165) is 23.5 Å². The molecule has 2 atom stereocenters. The van der Waals surface area contributed by atoms with Crippen LogP contribution >= 0.6 is 0 Å². The minimum Gasteiger partial charge on any atom is -0.497 e. The Labute approximate surface area is 113 Å². The number of rotatable bonds is 4. The SMILES string of the molecule is COc1cccc(Nc2ccc([C@H]3C[C@@H]3N)cc2)c1. The molecule has 3 heteroatoms. The van der Waals surface area contributed by atoms with Crippen LogP contribution in [0.1, 0.15) is 17.9 Å². The molecule has 0 saturated heterocycles. The van der Waals surface area contributed by atoms with Gasteiger partial charge in [-0.15, -0.1) is 0 Å². The van der Waals surface area contributed by atoms with Crippen molar-refractivity contribution in [2.45, 2.75) is 18.4 Å². The summed E-state index contributed by atoms with van der Waals surface area (Å²) in [6, 6.07) is 16.8. The lowest BCUT2D eigenvalue weighted by Gasteiger charge is -2.09. The van der Waals surface area contributed by atoms with Crippen LogP contribution in [0.4, 0.5) is 11.4 Å². The van der Waals surface area contributed by atoms with Crippen molar-refractivity contribution in [3.63, 3.8) is 0 Å². The average Bonchev–Trinajstić information content (AvgIpc) is 3.17. The molecule has 19 heavy (non-hydrogen) atoms. The van der Waals surface area contributed by atoms with Gasteiger partial charge in [0.25, 0.3) is 0 Å². The van der Waals surface area contributed by atoms with Crippen LogP contribution in [-0.2, 0) is 0 Å². The zero-order valence-corrected chi connectivity index (χ0v) is 11.0. The summed E-state index contributed by atoms with van der Waals surface area (Å²) in [4.78, 5) is 0. The van der Waals surface area contributed by atoms with Crippen LogP contribution in [-0.4, -0.2) is 13.2 Å². The van der Waals surface area contributed by atoms with Crippen molar-refractivity contribution in [3.05, 3.63) is 54.1 Å². The van der Waals surface area contributed by atoms with Crippen LogP contribution in [0.2, 0.25) is 0 Å². The summed E-state index contributed by atoms with van der Waals surface area (Å²) in [5.74, 6) is 1.41. The molecule has 0 bridgehead atoms. The van der Waals surface area contributed by atoms with E-state index in [0.29, 0.717) is 12.0 Å². The molecule has 0 unspecified atom stereocenters. The Kier molecular flexibility index (Phi) is 3.13. The first-order chi connectivity index (χ1) is 9.26. The number of nitrogens with two attached hydrogens (primary N) is 1. The third-order valence-electron chi connectivity index (χ3n) is 3.54. The zero-order valence-electron chi connectivity index (χ0n) is 11.0. The number of methoxy groups -OCH3 is 1. The fourth-order valence-electron chi connectivity index (χ4n) is 2.28. The summed E-state index contributed by atoms with van der Waals surface area (Å²) in [6.07, 6.45) is 1.11. The molecule has 1 saturated carbocycles. The summed E-state index contributed by atoms with van der Waals surface area (Å²) >= 11 is 0. The molecule has 3 N–H and O–H groups in total. The van der Waals surface area contributed by atoms with Gasteiger partial charge in [-0.1, -0.05) is 18.2 Å². The van der Waals surface area contributed by atoms with Crippen molar-refractivity contribution >= 4 is 11.4 Å². The van der Waals surface area contributed by atoms with E-state index < -0.39 is 0 Å². The number of benzene rings is 2. The van der Waals surface area contributed by atoms with E-state index in [1.165, 1.54) is 5.56 Å². The first-order valence-corrected chi connectivity index (χ1v) is 6.53. The van der Waals surface area contributed by atoms with Gasteiger partial charge in [0.05, 0.1) is 7.11 Å². The Morgan fingerprint density at radius 1 is 1.11 bits per heavy atom. The molecule has 0 aromatic heterocycles. The molecule has 0 spiro atoms. The Morgan fingerprint density at radius 3 is 2.47 bits per heavy atom. The highest BCUT2D eigenvalue weighted by Crippen LogP contribution is 2.39. The lowest BCUT2D eigenvalue weighted by atomic mass is 10.1. The summed E-state index contributed by atoms with van der Waals surface area (Å²) in [7, 11) is 1.67. The Hall–Kier alpha value is -2.00. The van der Waals surface area contributed by atoms with Crippen molar-refractivity contribution in [1.82, 2.24) is 0 Å². The maximum atomic E-state index is 5.86. The van der Waals surface area contributed by atoms with Gasteiger partial charge in [-0.25, -0.2) is 0 Å². The molecule has 1 fully saturated rings. The summed E-state index contributed by atoms with van der Waals surface area (Å²) in [6.45, 7) is 0. The molecule has 3 nitrogen and oxygen atoms in total. The number of hydrogen-bond acceptors (Lipinski definition) is 3. The number of ether oxygens (including phenoxy) is 1. The molecule has 98 valence electrons. The van der Waals surface area contributed by atoms with Crippen LogP contribution in [0.15, 0.2) is 48.5 Å². The molecule has 2 aromatic carbocycles. The van der Waals surface area contributed by atoms with Crippen molar-refractivity contribution in [2.75, 3.05) is 12.4 Å². The van der Waals surface area contributed by atoms with Gasteiger partial charge in [-0.05, 0) is 36.2 Å². The number of nitrogens with one attached hydrogen (secondary N) is 1. The highest BCUT2D eigenvalue weighted by atomic mass is 16.5. The maximum Gasteiger partial charge on any atom is 0.120 e. The molecule has 0 radical (unpaired) electrons. The smallest absolute Gasteiger partial charge is 0.120 e. The highest BCUT2D eigenvalue weighted by Gasteiger charge is 2.34. The van der Waals surface area contributed by atoms with E-state index in [2.05, 4.69) is 29.6 Å². The fourth-order valence-corrected chi connectivity index (χ4v) is 2.28. The molecule has 0 aliphatic heterocycles. The molecular formula is C16H18N2O. The van der Waals surface area contributed by atoms with Gasteiger partial charge in [0.2, 0.25) is 0 Å². The van der Waals surface area contributed by atoms with Gasteiger partial charge in [-0.2, -0.15) is 0 Å². The van der Waals surface area contributed by atoms with Crippen LogP contribution in [0, 0.1) is 0 Å². The van der Waals surface area contributed by atoms with Gasteiger partial charge >= 0.3 is 0 Å². The predicted molar refractivity (Wildman–Crippen MR) is 78.1 cm³/mol. The van der Waals surface area contributed by atoms with Crippen LogP contribution in [0.25, 0.3) is 0 Å². The molecular weight excluding hydrogens is 236 g/mol.